The van der Waals surface area contributed by atoms with Gasteiger partial charge in [-0.1, -0.05) is 39.7 Å². The van der Waals surface area contributed by atoms with E-state index in [-0.39, 0.29) is 6.04 Å². The Morgan fingerprint density at radius 2 is 2.07 bits per heavy atom. The molecule has 2 heteroatoms. The highest BCUT2D eigenvalue weighted by Crippen LogP contribution is 2.24. The largest absolute Gasteiger partial charge is 0.321 e. The van der Waals surface area contributed by atoms with Gasteiger partial charge in [0, 0.05) is 10.5 Å². The van der Waals surface area contributed by atoms with Crippen molar-refractivity contribution < 1.29 is 0 Å². The van der Waals surface area contributed by atoms with Crippen LogP contribution >= 0.6 is 15.9 Å². The molecular weight excluding hydrogens is 238 g/mol. The fourth-order valence-corrected chi connectivity index (χ4v) is 2.11. The van der Waals surface area contributed by atoms with Crippen molar-refractivity contribution in [3.63, 3.8) is 0 Å². The van der Waals surface area contributed by atoms with E-state index in [0.717, 1.165) is 10.0 Å². The van der Waals surface area contributed by atoms with Crippen LogP contribution in [0, 0.1) is 6.92 Å². The van der Waals surface area contributed by atoms with Crippen LogP contribution in [0.1, 0.15) is 31.0 Å². The van der Waals surface area contributed by atoms with E-state index < -0.39 is 0 Å². The molecule has 2 N–H and O–H groups in total. The molecule has 0 aromatic heterocycles. The van der Waals surface area contributed by atoms with Crippen LogP contribution in [0.2, 0.25) is 0 Å². The predicted molar refractivity (Wildman–Crippen MR) is 65.2 cm³/mol. The number of allylic oxidation sites excluding steroid dienone is 1. The summed E-state index contributed by atoms with van der Waals surface area (Å²) < 4.78 is 1.09. The summed E-state index contributed by atoms with van der Waals surface area (Å²) in [7, 11) is 0. The van der Waals surface area contributed by atoms with Gasteiger partial charge in [-0.2, -0.15) is 0 Å². The average molecular weight is 254 g/mol. The van der Waals surface area contributed by atoms with E-state index >= 15 is 0 Å². The summed E-state index contributed by atoms with van der Waals surface area (Å²) in [6, 6.07) is 6.23. The third-order valence-electron chi connectivity index (χ3n) is 2.03. The maximum Gasteiger partial charge on any atom is 0.0494 e. The van der Waals surface area contributed by atoms with E-state index in [9.17, 15) is 0 Å². The molecule has 0 aliphatic rings. The third-order valence-corrected chi connectivity index (χ3v) is 2.71. The molecule has 1 unspecified atom stereocenters. The van der Waals surface area contributed by atoms with Crippen molar-refractivity contribution in [2.45, 2.75) is 26.8 Å². The second-order valence-corrected chi connectivity index (χ2v) is 4.65. The first-order valence-electron chi connectivity index (χ1n) is 4.67. The fraction of sp³-hybridized carbons (Fsp3) is 0.333. The second-order valence-electron chi connectivity index (χ2n) is 3.79. The molecule has 1 aromatic rings. The van der Waals surface area contributed by atoms with Gasteiger partial charge in [0.2, 0.25) is 0 Å². The van der Waals surface area contributed by atoms with E-state index in [1.54, 1.807) is 0 Å². The van der Waals surface area contributed by atoms with Gasteiger partial charge in [0.05, 0.1) is 0 Å². The zero-order chi connectivity index (χ0) is 10.7. The molecule has 1 aromatic carbocycles. The molecule has 0 heterocycles. The average Bonchev–Trinajstić information content (AvgIpc) is 2.01. The molecule has 1 nitrogen and oxygen atoms in total. The number of hydrogen-bond acceptors (Lipinski definition) is 1. The zero-order valence-corrected chi connectivity index (χ0v) is 10.4. The Hall–Kier alpha value is -0.600. The molecule has 0 bridgehead atoms. The molecule has 0 aliphatic heterocycles. The molecule has 76 valence electrons. The quantitative estimate of drug-likeness (QED) is 0.799. The van der Waals surface area contributed by atoms with Crippen LogP contribution in [0.5, 0.6) is 0 Å². The Morgan fingerprint density at radius 3 is 2.57 bits per heavy atom. The minimum absolute atomic E-state index is 0.0185. The first kappa shape index (κ1) is 11.5. The first-order valence-corrected chi connectivity index (χ1v) is 5.46. The molecule has 0 saturated heterocycles. The van der Waals surface area contributed by atoms with Gasteiger partial charge in [0.25, 0.3) is 0 Å². The molecule has 1 atom stereocenters. The van der Waals surface area contributed by atoms with Gasteiger partial charge in [-0.3, -0.25) is 0 Å². The first-order chi connectivity index (χ1) is 6.50. The minimum atomic E-state index is -0.0185. The van der Waals surface area contributed by atoms with Crippen molar-refractivity contribution in [3.05, 3.63) is 45.4 Å². The van der Waals surface area contributed by atoms with E-state index in [1.807, 2.05) is 0 Å². The fourth-order valence-electron chi connectivity index (χ4n) is 1.35. The molecule has 0 aliphatic carbocycles. The van der Waals surface area contributed by atoms with Gasteiger partial charge in [-0.25, -0.2) is 0 Å². The third kappa shape index (κ3) is 2.96. The van der Waals surface area contributed by atoms with Gasteiger partial charge in [0.1, 0.15) is 0 Å². The number of halogens is 1. The Kier molecular flexibility index (Phi) is 3.90. The van der Waals surface area contributed by atoms with Crippen LogP contribution in [0.15, 0.2) is 34.3 Å². The number of nitrogens with two attached hydrogens (primary N) is 1. The number of rotatable bonds is 2. The van der Waals surface area contributed by atoms with E-state index in [0.29, 0.717) is 0 Å². The smallest absolute Gasteiger partial charge is 0.0494 e. The zero-order valence-electron chi connectivity index (χ0n) is 8.84. The maximum absolute atomic E-state index is 6.04. The van der Waals surface area contributed by atoms with Crippen LogP contribution in [-0.4, -0.2) is 0 Å². The molecule has 0 fully saturated rings. The van der Waals surface area contributed by atoms with Crippen LogP contribution in [0.3, 0.4) is 0 Å². The lowest BCUT2D eigenvalue weighted by Gasteiger charge is -2.11. The Morgan fingerprint density at radius 1 is 1.43 bits per heavy atom. The lowest BCUT2D eigenvalue weighted by Crippen LogP contribution is -2.08. The van der Waals surface area contributed by atoms with E-state index in [1.165, 1.54) is 11.1 Å². The summed E-state index contributed by atoms with van der Waals surface area (Å²) in [5.74, 6) is 0. The minimum Gasteiger partial charge on any atom is -0.321 e. The van der Waals surface area contributed by atoms with Crippen molar-refractivity contribution in [3.8, 4) is 0 Å². The van der Waals surface area contributed by atoms with Crippen LogP contribution in [0.25, 0.3) is 0 Å². The summed E-state index contributed by atoms with van der Waals surface area (Å²) in [5.41, 5.74) is 9.66. The second kappa shape index (κ2) is 4.76. The Bertz CT molecular complexity index is 351. The lowest BCUT2D eigenvalue weighted by molar-refractivity contribution is 0.892. The molecule has 0 saturated carbocycles. The SMILES string of the molecule is CC(C)=CC(N)c1ccc(C)cc1Br. The van der Waals surface area contributed by atoms with Crippen molar-refractivity contribution in [2.24, 2.45) is 5.73 Å². The highest BCUT2D eigenvalue weighted by atomic mass is 79.9. The summed E-state index contributed by atoms with van der Waals surface area (Å²) >= 11 is 3.53. The summed E-state index contributed by atoms with van der Waals surface area (Å²) in [6.07, 6.45) is 2.06. The standard InChI is InChI=1S/C12H16BrN/c1-8(2)6-12(14)10-5-4-9(3)7-11(10)13/h4-7,12H,14H2,1-3H3. The molecule has 1 rings (SSSR count). The summed E-state index contributed by atoms with van der Waals surface area (Å²) in [4.78, 5) is 0. The van der Waals surface area contributed by atoms with Crippen molar-refractivity contribution in [1.29, 1.82) is 0 Å². The van der Waals surface area contributed by atoms with E-state index in [4.69, 9.17) is 5.73 Å². The van der Waals surface area contributed by atoms with Crippen molar-refractivity contribution in [2.75, 3.05) is 0 Å². The molecule has 0 radical (unpaired) electrons. The number of hydrogen-bond donors (Lipinski definition) is 1. The number of aryl methyl sites for hydroxylation is 1. The van der Waals surface area contributed by atoms with Crippen LogP contribution in [-0.2, 0) is 0 Å². The molecule has 14 heavy (non-hydrogen) atoms. The Labute approximate surface area is 94.1 Å². The van der Waals surface area contributed by atoms with Crippen molar-refractivity contribution in [1.82, 2.24) is 0 Å². The van der Waals surface area contributed by atoms with Crippen LogP contribution < -0.4 is 5.73 Å². The molecule has 0 spiro atoms. The topological polar surface area (TPSA) is 26.0 Å². The Balaban J connectivity index is 3.02. The maximum atomic E-state index is 6.04. The summed E-state index contributed by atoms with van der Waals surface area (Å²) in [6.45, 7) is 6.19. The van der Waals surface area contributed by atoms with Gasteiger partial charge in [0.15, 0.2) is 0 Å². The van der Waals surface area contributed by atoms with Crippen LogP contribution in [0.4, 0.5) is 0 Å². The molecule has 0 amide bonds. The lowest BCUT2D eigenvalue weighted by atomic mass is 10.0. The normalized spacial score (nSPS) is 12.4. The van der Waals surface area contributed by atoms with Gasteiger partial charge < -0.3 is 5.73 Å². The van der Waals surface area contributed by atoms with Crippen molar-refractivity contribution >= 4 is 15.9 Å². The monoisotopic (exact) mass is 253 g/mol. The molecular formula is C12H16BrN. The number of benzene rings is 1. The van der Waals surface area contributed by atoms with E-state index in [2.05, 4.69) is 61.0 Å². The highest BCUT2D eigenvalue weighted by molar-refractivity contribution is 9.10. The van der Waals surface area contributed by atoms with Gasteiger partial charge in [-0.05, 0) is 38.0 Å². The summed E-state index contributed by atoms with van der Waals surface area (Å²) in [5, 5.41) is 0. The van der Waals surface area contributed by atoms with Gasteiger partial charge in [-0.15, -0.1) is 0 Å². The highest BCUT2D eigenvalue weighted by Gasteiger charge is 2.06. The van der Waals surface area contributed by atoms with Gasteiger partial charge >= 0.3 is 0 Å². The predicted octanol–water partition coefficient (Wildman–Crippen LogP) is 3.72.